The van der Waals surface area contributed by atoms with Crippen LogP contribution in [0.3, 0.4) is 0 Å². The lowest BCUT2D eigenvalue weighted by Gasteiger charge is -2.37. The third-order valence-corrected chi connectivity index (χ3v) is 4.50. The van der Waals surface area contributed by atoms with E-state index in [-0.39, 0.29) is 0 Å². The summed E-state index contributed by atoms with van der Waals surface area (Å²) in [6, 6.07) is 13.8. The summed E-state index contributed by atoms with van der Waals surface area (Å²) >= 11 is 6.29. The first-order chi connectivity index (χ1) is 10.5. The molecule has 114 valence electrons. The molecule has 0 amide bonds. The number of fused-ring (bicyclic) bond motifs is 1. The second kappa shape index (κ2) is 5.26. The maximum absolute atomic E-state index is 11.6. The summed E-state index contributed by atoms with van der Waals surface area (Å²) in [6.45, 7) is 1.82. The number of benzene rings is 2. The Bertz CT molecular complexity index is 736. The second-order valence-corrected chi connectivity index (χ2v) is 5.89. The number of nitro groups is 1. The molecule has 1 aliphatic heterocycles. The number of aliphatic hydroxyl groups is 1. The Hall–Kier alpha value is -2.11. The molecular formula is C16H14ClNO4. The maximum atomic E-state index is 11.6. The number of hydrogen-bond acceptors (Lipinski definition) is 4. The number of nitrogens with zero attached hydrogens (tertiary/aromatic N) is 1. The van der Waals surface area contributed by atoms with Gasteiger partial charge in [0.1, 0.15) is 5.75 Å². The minimum Gasteiger partial charge on any atom is -0.476 e. The number of rotatable bonds is 2. The molecule has 0 spiro atoms. The number of alkyl halides is 1. The molecule has 2 aromatic rings. The third kappa shape index (κ3) is 2.05. The highest BCUT2D eigenvalue weighted by Gasteiger charge is 2.61. The van der Waals surface area contributed by atoms with Crippen LogP contribution in [0.25, 0.3) is 0 Å². The van der Waals surface area contributed by atoms with Crippen LogP contribution in [0.2, 0.25) is 0 Å². The zero-order valence-corrected chi connectivity index (χ0v) is 12.5. The normalized spacial score (nSPS) is 26.9. The van der Waals surface area contributed by atoms with Gasteiger partial charge in [0.15, 0.2) is 6.10 Å². The maximum Gasteiger partial charge on any atom is 0.364 e. The van der Waals surface area contributed by atoms with Crippen LogP contribution in [0.1, 0.15) is 28.9 Å². The zero-order chi connectivity index (χ0) is 15.9. The average molecular weight is 320 g/mol. The number of ether oxygens (including phenoxy) is 1. The van der Waals surface area contributed by atoms with Crippen molar-refractivity contribution in [1.82, 2.24) is 0 Å². The van der Waals surface area contributed by atoms with Gasteiger partial charge in [0, 0.05) is 11.1 Å². The smallest absolute Gasteiger partial charge is 0.364 e. The summed E-state index contributed by atoms with van der Waals surface area (Å²) in [7, 11) is 0. The highest BCUT2D eigenvalue weighted by molar-refractivity contribution is 6.23. The molecule has 0 saturated heterocycles. The summed E-state index contributed by atoms with van der Waals surface area (Å²) in [6.07, 6.45) is -2.56. The summed E-state index contributed by atoms with van der Waals surface area (Å²) in [5.74, 6) is 0.404. The molecule has 1 N–H and O–H groups in total. The Morgan fingerprint density at radius 3 is 2.41 bits per heavy atom. The fraction of sp³-hybridized carbons (Fsp3) is 0.250. The van der Waals surface area contributed by atoms with Gasteiger partial charge in [-0.3, -0.25) is 10.1 Å². The molecule has 0 bridgehead atoms. The van der Waals surface area contributed by atoms with Crippen molar-refractivity contribution < 1.29 is 14.8 Å². The minimum atomic E-state index is -2.18. The summed E-state index contributed by atoms with van der Waals surface area (Å²) in [4.78, 5) is 8.77. The summed E-state index contributed by atoms with van der Waals surface area (Å²) < 4.78 is 5.81. The van der Waals surface area contributed by atoms with Crippen LogP contribution < -0.4 is 4.74 Å². The molecule has 2 aromatic carbocycles. The molecule has 3 atom stereocenters. The van der Waals surface area contributed by atoms with Crippen molar-refractivity contribution in [3.63, 3.8) is 0 Å². The van der Waals surface area contributed by atoms with E-state index in [1.807, 2.05) is 19.1 Å². The number of aryl methyl sites for hydroxylation is 1. The summed E-state index contributed by atoms with van der Waals surface area (Å²) in [5.41, 5.74) is 1.72. The van der Waals surface area contributed by atoms with Gasteiger partial charge in [-0.1, -0.05) is 42.5 Å². The molecule has 0 fully saturated rings. The van der Waals surface area contributed by atoms with Crippen molar-refractivity contribution in [2.75, 3.05) is 0 Å². The lowest BCUT2D eigenvalue weighted by Crippen LogP contribution is -2.49. The van der Waals surface area contributed by atoms with Gasteiger partial charge in [-0.25, -0.2) is 0 Å². The van der Waals surface area contributed by atoms with Crippen molar-refractivity contribution in [1.29, 1.82) is 0 Å². The van der Waals surface area contributed by atoms with E-state index in [1.54, 1.807) is 36.4 Å². The molecule has 5 nitrogen and oxygen atoms in total. The fourth-order valence-electron chi connectivity index (χ4n) is 2.74. The number of hydrogen-bond donors (Lipinski definition) is 1. The van der Waals surface area contributed by atoms with Gasteiger partial charge in [-0.05, 0) is 30.2 Å². The van der Waals surface area contributed by atoms with E-state index in [1.165, 1.54) is 0 Å². The SMILES string of the molecule is Cc1ccccc1C1Oc2ccccc2C(O)C1(Cl)[N+](=O)[O-]. The highest BCUT2D eigenvalue weighted by Crippen LogP contribution is 2.51. The van der Waals surface area contributed by atoms with E-state index >= 15 is 0 Å². The second-order valence-electron chi connectivity index (χ2n) is 5.28. The van der Waals surface area contributed by atoms with Crippen LogP contribution in [-0.2, 0) is 0 Å². The average Bonchev–Trinajstić information content (AvgIpc) is 2.51. The molecule has 22 heavy (non-hydrogen) atoms. The van der Waals surface area contributed by atoms with Gasteiger partial charge in [0.05, 0.1) is 4.92 Å². The van der Waals surface area contributed by atoms with Crippen molar-refractivity contribution in [2.24, 2.45) is 0 Å². The number of aliphatic hydroxyl groups excluding tert-OH is 1. The standard InChI is InChI=1S/C16H14ClNO4/c1-10-6-2-3-7-11(10)15-16(17,18(20)21)14(19)12-8-4-5-9-13(12)22-15/h2-9,14-15,19H,1H3. The molecule has 0 radical (unpaired) electrons. The van der Waals surface area contributed by atoms with Crippen LogP contribution in [0.15, 0.2) is 48.5 Å². The van der Waals surface area contributed by atoms with Gasteiger partial charge in [-0.15, -0.1) is 0 Å². The van der Waals surface area contributed by atoms with Crippen LogP contribution in [0.4, 0.5) is 0 Å². The molecule has 0 aliphatic carbocycles. The minimum absolute atomic E-state index is 0.319. The van der Waals surface area contributed by atoms with E-state index in [9.17, 15) is 15.2 Å². The lowest BCUT2D eigenvalue weighted by molar-refractivity contribution is -0.570. The lowest BCUT2D eigenvalue weighted by atomic mass is 9.88. The molecular weight excluding hydrogens is 306 g/mol. The van der Waals surface area contributed by atoms with Gasteiger partial charge < -0.3 is 9.84 Å². The van der Waals surface area contributed by atoms with E-state index in [2.05, 4.69) is 0 Å². The Balaban J connectivity index is 2.20. The van der Waals surface area contributed by atoms with Crippen molar-refractivity contribution >= 4 is 11.6 Å². The molecule has 0 aromatic heterocycles. The number of para-hydroxylation sites is 1. The van der Waals surface area contributed by atoms with E-state index < -0.39 is 22.1 Å². The third-order valence-electron chi connectivity index (χ3n) is 3.96. The highest BCUT2D eigenvalue weighted by atomic mass is 35.5. The van der Waals surface area contributed by atoms with Gasteiger partial charge in [-0.2, -0.15) is 0 Å². The zero-order valence-electron chi connectivity index (χ0n) is 11.8. The monoisotopic (exact) mass is 319 g/mol. The quantitative estimate of drug-likeness (QED) is 0.398. The van der Waals surface area contributed by atoms with Gasteiger partial charge in [0.2, 0.25) is 6.10 Å². The van der Waals surface area contributed by atoms with Gasteiger partial charge in [0.25, 0.3) is 0 Å². The first kappa shape index (κ1) is 14.8. The molecule has 1 aliphatic rings. The largest absolute Gasteiger partial charge is 0.476 e. The van der Waals surface area contributed by atoms with Crippen LogP contribution in [0, 0.1) is 17.0 Å². The van der Waals surface area contributed by atoms with Crippen molar-refractivity contribution in [2.45, 2.75) is 24.1 Å². The predicted molar refractivity (Wildman–Crippen MR) is 81.5 cm³/mol. The molecule has 0 saturated carbocycles. The Morgan fingerprint density at radius 1 is 1.18 bits per heavy atom. The van der Waals surface area contributed by atoms with E-state index in [0.29, 0.717) is 16.9 Å². The summed E-state index contributed by atoms with van der Waals surface area (Å²) in [5, 5.41) is 22.1. The number of halogens is 1. The van der Waals surface area contributed by atoms with Crippen LogP contribution in [0.5, 0.6) is 5.75 Å². The Kier molecular flexibility index (Phi) is 3.54. The first-order valence-corrected chi connectivity index (χ1v) is 7.16. The van der Waals surface area contributed by atoms with E-state index in [0.717, 1.165) is 5.56 Å². The molecule has 3 rings (SSSR count). The van der Waals surface area contributed by atoms with E-state index in [4.69, 9.17) is 16.3 Å². The Morgan fingerprint density at radius 2 is 1.77 bits per heavy atom. The van der Waals surface area contributed by atoms with Crippen molar-refractivity contribution in [3.05, 3.63) is 75.3 Å². The fourth-order valence-corrected chi connectivity index (χ4v) is 3.02. The van der Waals surface area contributed by atoms with Crippen LogP contribution in [-0.4, -0.2) is 15.0 Å². The predicted octanol–water partition coefficient (Wildman–Crippen LogP) is 3.37. The molecule has 1 heterocycles. The molecule has 3 unspecified atom stereocenters. The van der Waals surface area contributed by atoms with Crippen molar-refractivity contribution in [3.8, 4) is 5.75 Å². The Labute approximate surface area is 132 Å². The molecule has 6 heteroatoms. The topological polar surface area (TPSA) is 72.6 Å². The first-order valence-electron chi connectivity index (χ1n) is 6.79. The van der Waals surface area contributed by atoms with Crippen LogP contribution >= 0.6 is 11.6 Å². The van der Waals surface area contributed by atoms with Gasteiger partial charge >= 0.3 is 5.00 Å².